The first-order valence-electron chi connectivity index (χ1n) is 7.87. The number of pyridine rings is 1. The number of amides is 1. The maximum atomic E-state index is 12.5. The average Bonchev–Trinajstić information content (AvgIpc) is 3.10. The smallest absolute Gasteiger partial charge is 0.257 e. The summed E-state index contributed by atoms with van der Waals surface area (Å²) in [7, 11) is 0. The number of nitrogens with zero attached hydrogens (tertiary/aromatic N) is 2. The summed E-state index contributed by atoms with van der Waals surface area (Å²) in [6, 6.07) is 14.0. The van der Waals surface area contributed by atoms with E-state index in [0.717, 1.165) is 38.9 Å². The molecule has 1 aromatic heterocycles. The molecule has 0 spiro atoms. The molecule has 4 nitrogen and oxygen atoms in total. The number of likely N-dealkylation sites (tertiary alicyclic amines) is 1. The number of carbonyl (C=O) groups excluding carboxylic acids is 1. The van der Waals surface area contributed by atoms with Crippen LogP contribution >= 0.6 is 0 Å². The molecular formula is C18H21N3O. The number of hydrogen-bond acceptors (Lipinski definition) is 3. The molecule has 0 unspecified atom stereocenters. The molecule has 2 heterocycles. The first kappa shape index (κ1) is 14.6. The fourth-order valence-corrected chi connectivity index (χ4v) is 2.78. The van der Waals surface area contributed by atoms with Gasteiger partial charge in [-0.3, -0.25) is 4.79 Å². The lowest BCUT2D eigenvalue weighted by Crippen LogP contribution is -2.28. The summed E-state index contributed by atoms with van der Waals surface area (Å²) in [5.41, 5.74) is 1.95. The van der Waals surface area contributed by atoms with Gasteiger partial charge in [-0.15, -0.1) is 0 Å². The molecule has 0 radical (unpaired) electrons. The molecule has 3 rings (SSSR count). The second-order valence-electron chi connectivity index (χ2n) is 5.56. The number of anilines is 1. The number of hydrogen-bond donors (Lipinski definition) is 1. The predicted molar refractivity (Wildman–Crippen MR) is 88.0 cm³/mol. The van der Waals surface area contributed by atoms with Gasteiger partial charge in [-0.1, -0.05) is 30.3 Å². The molecule has 0 saturated carbocycles. The quantitative estimate of drug-likeness (QED) is 0.922. The normalized spacial score (nSPS) is 14.1. The number of rotatable bonds is 5. The molecule has 1 aliphatic rings. The van der Waals surface area contributed by atoms with E-state index >= 15 is 0 Å². The zero-order valence-corrected chi connectivity index (χ0v) is 12.7. The Morgan fingerprint density at radius 2 is 1.86 bits per heavy atom. The third-order valence-corrected chi connectivity index (χ3v) is 3.98. The second kappa shape index (κ2) is 7.07. The summed E-state index contributed by atoms with van der Waals surface area (Å²) in [5.74, 6) is 0.781. The van der Waals surface area contributed by atoms with E-state index in [0.29, 0.717) is 11.4 Å². The molecule has 4 heteroatoms. The van der Waals surface area contributed by atoms with Crippen LogP contribution in [0.3, 0.4) is 0 Å². The molecule has 22 heavy (non-hydrogen) atoms. The molecular weight excluding hydrogens is 274 g/mol. The van der Waals surface area contributed by atoms with Crippen LogP contribution in [0, 0.1) is 0 Å². The predicted octanol–water partition coefficient (Wildman–Crippen LogP) is 2.97. The fourth-order valence-electron chi connectivity index (χ4n) is 2.78. The summed E-state index contributed by atoms with van der Waals surface area (Å²) in [6.07, 6.45) is 4.84. The van der Waals surface area contributed by atoms with E-state index in [1.54, 1.807) is 6.20 Å². The lowest BCUT2D eigenvalue weighted by Gasteiger charge is -2.17. The molecule has 0 aliphatic carbocycles. The topological polar surface area (TPSA) is 45.2 Å². The summed E-state index contributed by atoms with van der Waals surface area (Å²) in [5, 5.41) is 3.31. The van der Waals surface area contributed by atoms with Gasteiger partial charge in [0.2, 0.25) is 0 Å². The van der Waals surface area contributed by atoms with E-state index in [1.807, 2.05) is 35.2 Å². The standard InChI is InChI=1S/C18H21N3O/c22-18(21-13-4-5-14-21)16-9-6-11-19-17(16)20-12-10-15-7-2-1-3-8-15/h1-3,6-9,11H,4-5,10,12-14H2,(H,19,20). The summed E-state index contributed by atoms with van der Waals surface area (Å²) in [4.78, 5) is 18.8. The lowest BCUT2D eigenvalue weighted by atomic mass is 10.1. The second-order valence-corrected chi connectivity index (χ2v) is 5.56. The highest BCUT2D eigenvalue weighted by atomic mass is 16.2. The first-order chi connectivity index (χ1) is 10.8. The Morgan fingerprint density at radius 1 is 1.09 bits per heavy atom. The van der Waals surface area contributed by atoms with Crippen molar-refractivity contribution < 1.29 is 4.79 Å². The van der Waals surface area contributed by atoms with Gasteiger partial charge in [0.1, 0.15) is 5.82 Å². The van der Waals surface area contributed by atoms with Crippen molar-refractivity contribution in [2.24, 2.45) is 0 Å². The summed E-state index contributed by atoms with van der Waals surface area (Å²) in [6.45, 7) is 2.48. The number of benzene rings is 1. The van der Waals surface area contributed by atoms with Crippen molar-refractivity contribution in [1.82, 2.24) is 9.88 Å². The van der Waals surface area contributed by atoms with Gasteiger partial charge >= 0.3 is 0 Å². The SMILES string of the molecule is O=C(c1cccnc1NCCc1ccccc1)N1CCCC1. The Bertz CT molecular complexity index is 621. The zero-order chi connectivity index (χ0) is 15.2. The van der Waals surface area contributed by atoms with Crippen LogP contribution in [-0.4, -0.2) is 35.4 Å². The van der Waals surface area contributed by atoms with Crippen molar-refractivity contribution in [3.05, 3.63) is 59.8 Å². The van der Waals surface area contributed by atoms with Crippen LogP contribution in [0.15, 0.2) is 48.7 Å². The van der Waals surface area contributed by atoms with Gasteiger partial charge in [0, 0.05) is 25.8 Å². The Hall–Kier alpha value is -2.36. The Morgan fingerprint density at radius 3 is 2.64 bits per heavy atom. The molecule has 2 aromatic rings. The zero-order valence-electron chi connectivity index (χ0n) is 12.7. The molecule has 0 bridgehead atoms. The average molecular weight is 295 g/mol. The van der Waals surface area contributed by atoms with Gasteiger partial charge in [-0.25, -0.2) is 4.98 Å². The lowest BCUT2D eigenvalue weighted by molar-refractivity contribution is 0.0793. The molecule has 114 valence electrons. The molecule has 1 aromatic carbocycles. The van der Waals surface area contributed by atoms with Gasteiger partial charge < -0.3 is 10.2 Å². The van der Waals surface area contributed by atoms with Crippen LogP contribution in [0.4, 0.5) is 5.82 Å². The van der Waals surface area contributed by atoms with Gasteiger partial charge in [-0.2, -0.15) is 0 Å². The Kier molecular flexibility index (Phi) is 4.68. The fraction of sp³-hybridized carbons (Fsp3) is 0.333. The van der Waals surface area contributed by atoms with Crippen LogP contribution in [0.1, 0.15) is 28.8 Å². The van der Waals surface area contributed by atoms with Crippen molar-refractivity contribution >= 4 is 11.7 Å². The first-order valence-corrected chi connectivity index (χ1v) is 7.87. The van der Waals surface area contributed by atoms with Gasteiger partial charge in [0.15, 0.2) is 0 Å². The minimum Gasteiger partial charge on any atom is -0.369 e. The highest BCUT2D eigenvalue weighted by Gasteiger charge is 2.22. The Labute approximate surface area is 131 Å². The van der Waals surface area contributed by atoms with Crippen LogP contribution in [0.5, 0.6) is 0 Å². The summed E-state index contributed by atoms with van der Waals surface area (Å²) >= 11 is 0. The van der Waals surface area contributed by atoms with Crippen molar-refractivity contribution in [2.75, 3.05) is 25.0 Å². The van der Waals surface area contributed by atoms with Crippen LogP contribution in [0.2, 0.25) is 0 Å². The van der Waals surface area contributed by atoms with E-state index in [4.69, 9.17) is 0 Å². The summed E-state index contributed by atoms with van der Waals surface area (Å²) < 4.78 is 0. The van der Waals surface area contributed by atoms with E-state index in [-0.39, 0.29) is 5.91 Å². The highest BCUT2D eigenvalue weighted by Crippen LogP contribution is 2.18. The van der Waals surface area contributed by atoms with E-state index < -0.39 is 0 Å². The third kappa shape index (κ3) is 3.45. The largest absolute Gasteiger partial charge is 0.369 e. The molecule has 1 N–H and O–H groups in total. The van der Waals surface area contributed by atoms with E-state index in [9.17, 15) is 4.79 Å². The van der Waals surface area contributed by atoms with Crippen molar-refractivity contribution in [1.29, 1.82) is 0 Å². The van der Waals surface area contributed by atoms with Crippen LogP contribution in [0.25, 0.3) is 0 Å². The van der Waals surface area contributed by atoms with Gasteiger partial charge in [0.05, 0.1) is 5.56 Å². The maximum absolute atomic E-state index is 12.5. The maximum Gasteiger partial charge on any atom is 0.257 e. The third-order valence-electron chi connectivity index (χ3n) is 3.98. The van der Waals surface area contributed by atoms with Crippen molar-refractivity contribution in [3.8, 4) is 0 Å². The molecule has 1 amide bonds. The Balaban J connectivity index is 1.64. The monoisotopic (exact) mass is 295 g/mol. The molecule has 1 aliphatic heterocycles. The number of carbonyl (C=O) groups is 1. The van der Waals surface area contributed by atoms with E-state index in [2.05, 4.69) is 22.4 Å². The number of aromatic nitrogens is 1. The van der Waals surface area contributed by atoms with Crippen molar-refractivity contribution in [2.45, 2.75) is 19.3 Å². The molecule has 1 fully saturated rings. The van der Waals surface area contributed by atoms with Gasteiger partial charge in [0.25, 0.3) is 5.91 Å². The minimum atomic E-state index is 0.0906. The van der Waals surface area contributed by atoms with E-state index in [1.165, 1.54) is 5.56 Å². The van der Waals surface area contributed by atoms with Gasteiger partial charge in [-0.05, 0) is 37.0 Å². The molecule has 1 saturated heterocycles. The number of nitrogens with one attached hydrogen (secondary N) is 1. The molecule has 0 atom stereocenters. The van der Waals surface area contributed by atoms with Crippen molar-refractivity contribution in [3.63, 3.8) is 0 Å². The van der Waals surface area contributed by atoms with Crippen LogP contribution in [-0.2, 0) is 6.42 Å². The highest BCUT2D eigenvalue weighted by molar-refractivity contribution is 5.98. The minimum absolute atomic E-state index is 0.0906. The van der Waals surface area contributed by atoms with Crippen LogP contribution < -0.4 is 5.32 Å².